The number of benzene rings is 1. The van der Waals surface area contributed by atoms with Crippen LogP contribution in [0.3, 0.4) is 0 Å². The smallest absolute Gasteiger partial charge is 0.251 e. The number of anilines is 1. The number of hydrogen-bond acceptors (Lipinski definition) is 3. The minimum atomic E-state index is -0.191. The third kappa shape index (κ3) is 3.22. The Labute approximate surface area is 113 Å². The average molecular weight is 312 g/mol. The number of halogens is 1. The van der Waals surface area contributed by atoms with Gasteiger partial charge < -0.3 is 16.4 Å². The zero-order valence-electron chi connectivity index (χ0n) is 9.70. The van der Waals surface area contributed by atoms with E-state index in [0.717, 1.165) is 10.9 Å². The first kappa shape index (κ1) is 12.9. The van der Waals surface area contributed by atoms with Gasteiger partial charge in [-0.15, -0.1) is 0 Å². The molecule has 96 valence electrons. The molecule has 4 N–H and O–H groups in total. The molecule has 1 aromatic rings. The molecule has 1 unspecified atom stereocenters. The third-order valence-electron chi connectivity index (χ3n) is 2.78. The summed E-state index contributed by atoms with van der Waals surface area (Å²) in [6, 6.07) is 5.09. The van der Waals surface area contributed by atoms with Gasteiger partial charge in [0, 0.05) is 34.7 Å². The van der Waals surface area contributed by atoms with E-state index in [2.05, 4.69) is 26.6 Å². The Morgan fingerprint density at radius 3 is 2.89 bits per heavy atom. The van der Waals surface area contributed by atoms with Gasteiger partial charge in [-0.1, -0.05) is 15.9 Å². The molecule has 1 fully saturated rings. The van der Waals surface area contributed by atoms with E-state index >= 15 is 0 Å². The quantitative estimate of drug-likeness (QED) is 0.729. The summed E-state index contributed by atoms with van der Waals surface area (Å²) >= 11 is 3.29. The highest BCUT2D eigenvalue weighted by Crippen LogP contribution is 2.17. The normalized spacial score (nSPS) is 18.5. The van der Waals surface area contributed by atoms with Crippen molar-refractivity contribution in [1.82, 2.24) is 10.6 Å². The molecule has 2 amide bonds. The Kier molecular flexibility index (Phi) is 3.86. The van der Waals surface area contributed by atoms with Crippen molar-refractivity contribution in [2.75, 3.05) is 12.3 Å². The zero-order chi connectivity index (χ0) is 13.1. The molecule has 0 aromatic heterocycles. The van der Waals surface area contributed by atoms with E-state index in [0.29, 0.717) is 24.2 Å². The maximum Gasteiger partial charge on any atom is 0.251 e. The molecule has 1 aromatic carbocycles. The van der Waals surface area contributed by atoms with Gasteiger partial charge in [0.05, 0.1) is 0 Å². The summed E-state index contributed by atoms with van der Waals surface area (Å²) in [4.78, 5) is 22.9. The van der Waals surface area contributed by atoms with Gasteiger partial charge in [-0.05, 0) is 24.6 Å². The molecule has 1 aliphatic rings. The van der Waals surface area contributed by atoms with Crippen LogP contribution in [-0.4, -0.2) is 24.4 Å². The highest BCUT2D eigenvalue weighted by atomic mass is 79.9. The molecular formula is C12H14BrN3O2. The van der Waals surface area contributed by atoms with E-state index < -0.39 is 0 Å². The van der Waals surface area contributed by atoms with E-state index in [1.807, 2.05) is 0 Å². The van der Waals surface area contributed by atoms with Crippen molar-refractivity contribution < 1.29 is 9.59 Å². The molecule has 2 rings (SSSR count). The molecule has 0 spiro atoms. The Hall–Kier alpha value is -1.56. The van der Waals surface area contributed by atoms with Gasteiger partial charge in [-0.2, -0.15) is 0 Å². The second-order valence-electron chi connectivity index (χ2n) is 4.29. The van der Waals surface area contributed by atoms with Gasteiger partial charge in [-0.25, -0.2) is 0 Å². The SMILES string of the molecule is Nc1cc(Br)cc(C(=O)NCC2CCC(=O)N2)c1. The minimum Gasteiger partial charge on any atom is -0.399 e. The lowest BCUT2D eigenvalue weighted by molar-refractivity contribution is -0.119. The highest BCUT2D eigenvalue weighted by Gasteiger charge is 2.21. The zero-order valence-corrected chi connectivity index (χ0v) is 11.3. The minimum absolute atomic E-state index is 0.0333. The first-order valence-corrected chi connectivity index (χ1v) is 6.47. The lowest BCUT2D eigenvalue weighted by atomic mass is 10.2. The van der Waals surface area contributed by atoms with E-state index in [1.54, 1.807) is 18.2 Å². The number of carbonyl (C=O) groups is 2. The lowest BCUT2D eigenvalue weighted by Gasteiger charge is -2.11. The monoisotopic (exact) mass is 311 g/mol. The number of carbonyl (C=O) groups excluding carboxylic acids is 2. The standard InChI is InChI=1S/C12H14BrN3O2/c13-8-3-7(4-9(14)5-8)12(18)15-6-10-1-2-11(17)16-10/h3-5,10H,1-2,6,14H2,(H,15,18)(H,16,17). The van der Waals surface area contributed by atoms with Crippen LogP contribution >= 0.6 is 15.9 Å². The van der Waals surface area contributed by atoms with Crippen LogP contribution in [0.1, 0.15) is 23.2 Å². The Morgan fingerprint density at radius 2 is 2.28 bits per heavy atom. The maximum atomic E-state index is 11.9. The molecule has 1 aliphatic heterocycles. The van der Waals surface area contributed by atoms with Crippen LogP contribution in [0.15, 0.2) is 22.7 Å². The molecule has 0 radical (unpaired) electrons. The predicted octanol–water partition coefficient (Wildman–Crippen LogP) is 1.04. The summed E-state index contributed by atoms with van der Waals surface area (Å²) in [5, 5.41) is 5.58. The molecule has 1 heterocycles. The van der Waals surface area contributed by atoms with Crippen molar-refractivity contribution in [1.29, 1.82) is 0 Å². The molecule has 18 heavy (non-hydrogen) atoms. The van der Waals surface area contributed by atoms with Crippen LogP contribution in [-0.2, 0) is 4.79 Å². The number of rotatable bonds is 3. The summed E-state index contributed by atoms with van der Waals surface area (Å²) < 4.78 is 0.766. The average Bonchev–Trinajstić information content (AvgIpc) is 2.70. The van der Waals surface area contributed by atoms with Gasteiger partial charge >= 0.3 is 0 Å². The van der Waals surface area contributed by atoms with Crippen LogP contribution in [0.25, 0.3) is 0 Å². The fourth-order valence-electron chi connectivity index (χ4n) is 1.89. The first-order valence-electron chi connectivity index (χ1n) is 5.68. The third-order valence-corrected chi connectivity index (χ3v) is 3.23. The van der Waals surface area contributed by atoms with Gasteiger partial charge in [0.25, 0.3) is 5.91 Å². The van der Waals surface area contributed by atoms with E-state index in [4.69, 9.17) is 5.73 Å². The molecule has 6 heteroatoms. The Bertz CT molecular complexity index is 470. The van der Waals surface area contributed by atoms with Crippen LogP contribution < -0.4 is 16.4 Å². The summed E-state index contributed by atoms with van der Waals surface area (Å²) in [6.07, 6.45) is 1.30. The predicted molar refractivity (Wildman–Crippen MR) is 72.1 cm³/mol. The summed E-state index contributed by atoms with van der Waals surface area (Å²) in [6.45, 7) is 0.441. The molecular weight excluding hydrogens is 298 g/mol. The van der Waals surface area contributed by atoms with Gasteiger partial charge in [-0.3, -0.25) is 9.59 Å². The Balaban J connectivity index is 1.93. The Morgan fingerprint density at radius 1 is 1.50 bits per heavy atom. The molecule has 0 bridgehead atoms. The van der Waals surface area contributed by atoms with E-state index in [-0.39, 0.29) is 17.9 Å². The van der Waals surface area contributed by atoms with E-state index in [1.165, 1.54) is 0 Å². The maximum absolute atomic E-state index is 11.9. The summed E-state index contributed by atoms with van der Waals surface area (Å²) in [5.41, 5.74) is 6.70. The first-order chi connectivity index (χ1) is 8.54. The van der Waals surface area contributed by atoms with Gasteiger partial charge in [0.1, 0.15) is 0 Å². The second-order valence-corrected chi connectivity index (χ2v) is 5.20. The van der Waals surface area contributed by atoms with Crippen molar-refractivity contribution in [3.05, 3.63) is 28.2 Å². The number of hydrogen-bond donors (Lipinski definition) is 3. The summed E-state index contributed by atoms with van der Waals surface area (Å²) in [7, 11) is 0. The van der Waals surface area contributed by atoms with Crippen LogP contribution in [0.5, 0.6) is 0 Å². The van der Waals surface area contributed by atoms with Crippen molar-refractivity contribution in [2.24, 2.45) is 0 Å². The van der Waals surface area contributed by atoms with Crippen LogP contribution in [0.2, 0.25) is 0 Å². The summed E-state index contributed by atoms with van der Waals surface area (Å²) in [5.74, 6) is -0.148. The van der Waals surface area contributed by atoms with Crippen molar-refractivity contribution >= 4 is 33.4 Å². The van der Waals surface area contributed by atoms with Crippen molar-refractivity contribution in [3.8, 4) is 0 Å². The van der Waals surface area contributed by atoms with Crippen molar-refractivity contribution in [3.63, 3.8) is 0 Å². The highest BCUT2D eigenvalue weighted by molar-refractivity contribution is 9.10. The number of nitrogens with two attached hydrogens (primary N) is 1. The molecule has 0 aliphatic carbocycles. The molecule has 1 saturated heterocycles. The number of amides is 2. The number of nitrogens with one attached hydrogen (secondary N) is 2. The fraction of sp³-hybridized carbons (Fsp3) is 0.333. The van der Waals surface area contributed by atoms with Crippen LogP contribution in [0, 0.1) is 0 Å². The molecule has 1 atom stereocenters. The van der Waals surface area contributed by atoms with Gasteiger partial charge in [0.15, 0.2) is 0 Å². The van der Waals surface area contributed by atoms with Crippen molar-refractivity contribution in [2.45, 2.75) is 18.9 Å². The second kappa shape index (κ2) is 5.39. The molecule has 5 nitrogen and oxygen atoms in total. The van der Waals surface area contributed by atoms with Crippen LogP contribution in [0.4, 0.5) is 5.69 Å². The van der Waals surface area contributed by atoms with Gasteiger partial charge in [0.2, 0.25) is 5.91 Å². The topological polar surface area (TPSA) is 84.2 Å². The fourth-order valence-corrected chi connectivity index (χ4v) is 2.40. The number of nitrogen functional groups attached to an aromatic ring is 1. The van der Waals surface area contributed by atoms with E-state index in [9.17, 15) is 9.59 Å². The largest absolute Gasteiger partial charge is 0.399 e. The lowest BCUT2D eigenvalue weighted by Crippen LogP contribution is -2.38. The molecule has 0 saturated carbocycles.